The van der Waals surface area contributed by atoms with Crippen LogP contribution in [0.4, 0.5) is 0 Å². The summed E-state index contributed by atoms with van der Waals surface area (Å²) in [6.45, 7) is 6.32. The van der Waals surface area contributed by atoms with E-state index < -0.39 is 0 Å². The molecule has 0 atom stereocenters. The lowest BCUT2D eigenvalue weighted by molar-refractivity contribution is 0.247. The summed E-state index contributed by atoms with van der Waals surface area (Å²) in [5, 5.41) is 17.5. The fourth-order valence-corrected chi connectivity index (χ4v) is 1.94. The second-order valence-corrected chi connectivity index (χ2v) is 5.34. The van der Waals surface area contributed by atoms with Gasteiger partial charge in [0.15, 0.2) is 5.82 Å². The van der Waals surface area contributed by atoms with E-state index in [2.05, 4.69) is 35.5 Å². The van der Waals surface area contributed by atoms with Gasteiger partial charge in [-0.25, -0.2) is 0 Å². The molecule has 1 heterocycles. The van der Waals surface area contributed by atoms with Crippen LogP contribution >= 0.6 is 0 Å². The minimum absolute atomic E-state index is 0.0328. The third kappa shape index (κ3) is 2.20. The molecule has 0 saturated heterocycles. The van der Waals surface area contributed by atoms with E-state index in [-0.39, 0.29) is 12.1 Å². The largest absolute Gasteiger partial charge is 0.388 e. The van der Waals surface area contributed by atoms with Gasteiger partial charge in [0.1, 0.15) is 12.4 Å². The summed E-state index contributed by atoms with van der Waals surface area (Å²) in [5.74, 6) is 2.49. The summed E-state index contributed by atoms with van der Waals surface area (Å²) in [6, 6.07) is 0. The highest BCUT2D eigenvalue weighted by Gasteiger charge is 2.28. The van der Waals surface area contributed by atoms with Gasteiger partial charge in [-0.15, -0.1) is 10.2 Å². The highest BCUT2D eigenvalue weighted by Crippen LogP contribution is 2.33. The summed E-state index contributed by atoms with van der Waals surface area (Å²) < 4.78 is 2.07. The SMILES string of the molecule is CC(C)(C)n1c(CO)nnc1CC1CC1. The van der Waals surface area contributed by atoms with Gasteiger partial charge in [-0.3, -0.25) is 0 Å². The van der Waals surface area contributed by atoms with E-state index in [0.717, 1.165) is 18.2 Å². The molecule has 0 amide bonds. The molecule has 1 aromatic rings. The number of hydrogen-bond acceptors (Lipinski definition) is 3. The Morgan fingerprint density at radius 2 is 1.87 bits per heavy atom. The van der Waals surface area contributed by atoms with Gasteiger partial charge in [-0.1, -0.05) is 0 Å². The lowest BCUT2D eigenvalue weighted by Gasteiger charge is -2.24. The van der Waals surface area contributed by atoms with Crippen molar-refractivity contribution < 1.29 is 5.11 Å². The first-order valence-corrected chi connectivity index (χ1v) is 5.57. The van der Waals surface area contributed by atoms with Gasteiger partial charge < -0.3 is 9.67 Å². The molecule has 0 aliphatic heterocycles. The van der Waals surface area contributed by atoms with Crippen molar-refractivity contribution >= 4 is 0 Å². The molecule has 1 aliphatic rings. The Morgan fingerprint density at radius 3 is 2.33 bits per heavy atom. The second-order valence-electron chi connectivity index (χ2n) is 5.34. The number of nitrogens with zero attached hydrogens (tertiary/aromatic N) is 3. The molecule has 4 nitrogen and oxygen atoms in total. The molecule has 15 heavy (non-hydrogen) atoms. The molecular weight excluding hydrogens is 190 g/mol. The van der Waals surface area contributed by atoms with Crippen molar-refractivity contribution in [2.45, 2.75) is 52.2 Å². The van der Waals surface area contributed by atoms with Crippen molar-refractivity contribution in [1.82, 2.24) is 14.8 Å². The lowest BCUT2D eigenvalue weighted by Crippen LogP contribution is -2.26. The predicted octanol–water partition coefficient (Wildman–Crippen LogP) is 1.48. The highest BCUT2D eigenvalue weighted by atomic mass is 16.3. The molecule has 0 bridgehead atoms. The Bertz CT molecular complexity index is 347. The number of aliphatic hydroxyl groups excluding tert-OH is 1. The Labute approximate surface area is 90.3 Å². The first-order chi connectivity index (χ1) is 7.02. The Kier molecular flexibility index (Phi) is 2.54. The standard InChI is InChI=1S/C11H19N3O/c1-11(2,3)14-9(6-8-4-5-8)12-13-10(14)7-15/h8,15H,4-7H2,1-3H3. The van der Waals surface area contributed by atoms with E-state index in [1.54, 1.807) is 0 Å². The second kappa shape index (κ2) is 3.59. The van der Waals surface area contributed by atoms with E-state index in [0.29, 0.717) is 5.82 Å². The average Bonchev–Trinajstić information content (AvgIpc) is 2.81. The average molecular weight is 209 g/mol. The van der Waals surface area contributed by atoms with Crippen LogP contribution in [0.5, 0.6) is 0 Å². The van der Waals surface area contributed by atoms with Crippen molar-refractivity contribution in [2.75, 3.05) is 0 Å². The van der Waals surface area contributed by atoms with Crippen LogP contribution in [0.15, 0.2) is 0 Å². The van der Waals surface area contributed by atoms with Crippen LogP contribution in [-0.2, 0) is 18.6 Å². The summed E-state index contributed by atoms with van der Waals surface area (Å²) in [5.41, 5.74) is -0.0498. The zero-order valence-electron chi connectivity index (χ0n) is 9.69. The van der Waals surface area contributed by atoms with Crippen molar-refractivity contribution in [3.8, 4) is 0 Å². The lowest BCUT2D eigenvalue weighted by atomic mass is 10.1. The van der Waals surface area contributed by atoms with Gasteiger partial charge in [-0.05, 0) is 39.5 Å². The molecule has 1 N–H and O–H groups in total. The molecule has 0 radical (unpaired) electrons. The van der Waals surface area contributed by atoms with Gasteiger partial charge in [0, 0.05) is 12.0 Å². The van der Waals surface area contributed by atoms with Crippen LogP contribution in [0.2, 0.25) is 0 Å². The number of rotatable bonds is 3. The quantitative estimate of drug-likeness (QED) is 0.820. The molecule has 1 aliphatic carbocycles. The summed E-state index contributed by atoms with van der Waals surface area (Å²) in [4.78, 5) is 0. The van der Waals surface area contributed by atoms with Crippen molar-refractivity contribution in [3.05, 3.63) is 11.6 Å². The maximum atomic E-state index is 9.22. The van der Waals surface area contributed by atoms with Gasteiger partial charge in [-0.2, -0.15) is 0 Å². The van der Waals surface area contributed by atoms with Gasteiger partial charge in [0.2, 0.25) is 0 Å². The molecule has 1 saturated carbocycles. The fraction of sp³-hybridized carbons (Fsp3) is 0.818. The summed E-state index contributed by atoms with van der Waals surface area (Å²) >= 11 is 0. The number of aromatic nitrogens is 3. The molecular formula is C11H19N3O. The molecule has 1 fully saturated rings. The summed E-state index contributed by atoms with van der Waals surface area (Å²) in [7, 11) is 0. The monoisotopic (exact) mass is 209 g/mol. The van der Waals surface area contributed by atoms with Crippen molar-refractivity contribution in [1.29, 1.82) is 0 Å². The first kappa shape index (κ1) is 10.6. The van der Waals surface area contributed by atoms with Crippen LogP contribution in [0.3, 0.4) is 0 Å². The smallest absolute Gasteiger partial charge is 0.159 e. The highest BCUT2D eigenvalue weighted by molar-refractivity contribution is 5.03. The van der Waals surface area contributed by atoms with Crippen LogP contribution in [0, 0.1) is 5.92 Å². The van der Waals surface area contributed by atoms with Crippen molar-refractivity contribution in [2.24, 2.45) is 5.92 Å². The molecule has 0 spiro atoms. The third-order valence-electron chi connectivity index (χ3n) is 2.78. The zero-order chi connectivity index (χ0) is 11.1. The topological polar surface area (TPSA) is 50.9 Å². The summed E-state index contributed by atoms with van der Waals surface area (Å²) in [6.07, 6.45) is 3.63. The van der Waals surface area contributed by atoms with Gasteiger partial charge in [0.05, 0.1) is 0 Å². The Morgan fingerprint density at radius 1 is 1.27 bits per heavy atom. The van der Waals surface area contributed by atoms with E-state index in [1.807, 2.05) is 0 Å². The van der Waals surface area contributed by atoms with Crippen LogP contribution < -0.4 is 0 Å². The normalized spacial score (nSPS) is 17.1. The predicted molar refractivity (Wildman–Crippen MR) is 57.4 cm³/mol. The van der Waals surface area contributed by atoms with Crippen LogP contribution in [0.25, 0.3) is 0 Å². The Balaban J connectivity index is 2.31. The van der Waals surface area contributed by atoms with E-state index >= 15 is 0 Å². The van der Waals surface area contributed by atoms with Crippen LogP contribution in [-0.4, -0.2) is 19.9 Å². The molecule has 1 aromatic heterocycles. The minimum Gasteiger partial charge on any atom is -0.388 e. The molecule has 0 aromatic carbocycles. The minimum atomic E-state index is -0.0498. The van der Waals surface area contributed by atoms with Gasteiger partial charge >= 0.3 is 0 Å². The van der Waals surface area contributed by atoms with E-state index in [1.165, 1.54) is 12.8 Å². The maximum Gasteiger partial charge on any atom is 0.159 e. The van der Waals surface area contributed by atoms with E-state index in [9.17, 15) is 5.11 Å². The molecule has 84 valence electrons. The van der Waals surface area contributed by atoms with Crippen LogP contribution in [0.1, 0.15) is 45.3 Å². The molecule has 2 rings (SSSR count). The first-order valence-electron chi connectivity index (χ1n) is 5.57. The van der Waals surface area contributed by atoms with Gasteiger partial charge in [0.25, 0.3) is 0 Å². The fourth-order valence-electron chi connectivity index (χ4n) is 1.94. The number of aliphatic hydroxyl groups is 1. The number of hydrogen-bond donors (Lipinski definition) is 1. The van der Waals surface area contributed by atoms with E-state index in [4.69, 9.17) is 0 Å². The molecule has 0 unspecified atom stereocenters. The van der Waals surface area contributed by atoms with Crippen molar-refractivity contribution in [3.63, 3.8) is 0 Å². The molecule has 4 heteroatoms. The maximum absolute atomic E-state index is 9.22. The Hall–Kier alpha value is -0.900. The zero-order valence-corrected chi connectivity index (χ0v) is 9.69. The third-order valence-corrected chi connectivity index (χ3v) is 2.78.